The van der Waals surface area contributed by atoms with Gasteiger partial charge in [-0.05, 0) is 50.6 Å². The zero-order valence-electron chi connectivity index (χ0n) is 12.7. The van der Waals surface area contributed by atoms with Crippen LogP contribution in [0, 0.1) is 11.8 Å². The predicted octanol–water partition coefficient (Wildman–Crippen LogP) is 5.01. The highest BCUT2D eigenvalue weighted by Gasteiger charge is 2.09. The van der Waals surface area contributed by atoms with Crippen molar-refractivity contribution in [1.82, 2.24) is 5.32 Å². The van der Waals surface area contributed by atoms with E-state index in [1.165, 1.54) is 64.5 Å². The van der Waals surface area contributed by atoms with Crippen molar-refractivity contribution in [2.75, 3.05) is 13.1 Å². The minimum atomic E-state index is 0.911. The van der Waals surface area contributed by atoms with Crippen LogP contribution < -0.4 is 5.32 Å². The number of nitrogens with one attached hydrogen (secondary N) is 1. The van der Waals surface area contributed by atoms with Crippen molar-refractivity contribution in [3.05, 3.63) is 0 Å². The van der Waals surface area contributed by atoms with Crippen LogP contribution in [0.2, 0.25) is 0 Å². The molecule has 0 radical (unpaired) electrons. The molecule has 104 valence electrons. The number of hydrogen-bond donors (Lipinski definition) is 1. The summed E-state index contributed by atoms with van der Waals surface area (Å²) in [5.41, 5.74) is 0. The van der Waals surface area contributed by atoms with Crippen molar-refractivity contribution >= 4 is 0 Å². The first kappa shape index (κ1) is 17.0. The molecular formula is C16H35N. The molecule has 1 heteroatoms. The Morgan fingerprint density at radius 2 is 0.882 bits per heavy atom. The Hall–Kier alpha value is -0.0400. The Bertz CT molecular complexity index is 116. The van der Waals surface area contributed by atoms with Gasteiger partial charge in [-0.25, -0.2) is 0 Å². The molecular weight excluding hydrogens is 206 g/mol. The van der Waals surface area contributed by atoms with E-state index in [1.807, 2.05) is 0 Å². The number of rotatable bonds is 12. The molecule has 0 heterocycles. The van der Waals surface area contributed by atoms with Gasteiger partial charge in [0.25, 0.3) is 0 Å². The van der Waals surface area contributed by atoms with Crippen molar-refractivity contribution in [1.29, 1.82) is 0 Å². The van der Waals surface area contributed by atoms with Gasteiger partial charge in [0.1, 0.15) is 0 Å². The third-order valence-electron chi connectivity index (χ3n) is 3.65. The van der Waals surface area contributed by atoms with Crippen LogP contribution in [0.4, 0.5) is 0 Å². The van der Waals surface area contributed by atoms with E-state index < -0.39 is 0 Å². The Morgan fingerprint density at radius 3 is 1.12 bits per heavy atom. The lowest BCUT2D eigenvalue weighted by molar-refractivity contribution is 0.363. The molecule has 1 nitrogen and oxygen atoms in total. The standard InChI is InChI=1S/C16H35N/c1-5-9-15(10-6-2)13-17-14-16(11-7-3)12-8-4/h15-17H,5-14H2,1-4H3. The highest BCUT2D eigenvalue weighted by molar-refractivity contribution is 4.66. The van der Waals surface area contributed by atoms with Gasteiger partial charge >= 0.3 is 0 Å². The summed E-state index contributed by atoms with van der Waals surface area (Å²) in [5, 5.41) is 3.72. The number of hydrogen-bond acceptors (Lipinski definition) is 1. The molecule has 0 aromatic heterocycles. The van der Waals surface area contributed by atoms with Crippen LogP contribution in [-0.4, -0.2) is 13.1 Å². The largest absolute Gasteiger partial charge is 0.316 e. The second-order valence-electron chi connectivity index (χ2n) is 5.54. The van der Waals surface area contributed by atoms with Crippen LogP contribution in [-0.2, 0) is 0 Å². The normalized spacial score (nSPS) is 11.6. The molecule has 0 spiro atoms. The quantitative estimate of drug-likeness (QED) is 0.506. The molecule has 0 atom stereocenters. The van der Waals surface area contributed by atoms with Crippen molar-refractivity contribution in [2.24, 2.45) is 11.8 Å². The van der Waals surface area contributed by atoms with Crippen LogP contribution in [0.5, 0.6) is 0 Å². The molecule has 0 aliphatic carbocycles. The Labute approximate surface area is 110 Å². The minimum absolute atomic E-state index is 0.911. The van der Waals surface area contributed by atoms with Crippen molar-refractivity contribution in [2.45, 2.75) is 79.1 Å². The average molecular weight is 241 g/mol. The van der Waals surface area contributed by atoms with E-state index in [4.69, 9.17) is 0 Å². The van der Waals surface area contributed by atoms with E-state index in [0.29, 0.717) is 0 Å². The van der Waals surface area contributed by atoms with E-state index in [0.717, 1.165) is 11.8 Å². The third-order valence-corrected chi connectivity index (χ3v) is 3.65. The fraction of sp³-hybridized carbons (Fsp3) is 1.00. The van der Waals surface area contributed by atoms with Crippen LogP contribution in [0.1, 0.15) is 79.1 Å². The average Bonchev–Trinajstić information content (AvgIpc) is 2.30. The zero-order chi connectivity index (χ0) is 12.9. The van der Waals surface area contributed by atoms with Crippen molar-refractivity contribution in [3.63, 3.8) is 0 Å². The minimum Gasteiger partial charge on any atom is -0.316 e. The van der Waals surface area contributed by atoms with Crippen LogP contribution in [0.15, 0.2) is 0 Å². The predicted molar refractivity (Wildman–Crippen MR) is 79.5 cm³/mol. The van der Waals surface area contributed by atoms with Crippen LogP contribution >= 0.6 is 0 Å². The highest BCUT2D eigenvalue weighted by Crippen LogP contribution is 2.14. The maximum absolute atomic E-state index is 3.72. The van der Waals surface area contributed by atoms with Crippen molar-refractivity contribution in [3.8, 4) is 0 Å². The summed E-state index contributed by atoms with van der Waals surface area (Å²) in [6, 6.07) is 0. The molecule has 0 rings (SSSR count). The topological polar surface area (TPSA) is 12.0 Å². The first-order valence-corrected chi connectivity index (χ1v) is 7.99. The molecule has 0 fully saturated rings. The van der Waals surface area contributed by atoms with E-state index in [2.05, 4.69) is 33.0 Å². The second-order valence-corrected chi connectivity index (χ2v) is 5.54. The lowest BCUT2D eigenvalue weighted by atomic mass is 9.96. The second kappa shape index (κ2) is 12.4. The summed E-state index contributed by atoms with van der Waals surface area (Å²) in [4.78, 5) is 0. The van der Waals surface area contributed by atoms with E-state index in [-0.39, 0.29) is 0 Å². The molecule has 0 unspecified atom stereocenters. The molecule has 0 bridgehead atoms. The first-order chi connectivity index (χ1) is 8.28. The summed E-state index contributed by atoms with van der Waals surface area (Å²) >= 11 is 0. The van der Waals surface area contributed by atoms with Crippen LogP contribution in [0.3, 0.4) is 0 Å². The van der Waals surface area contributed by atoms with Gasteiger partial charge in [-0.3, -0.25) is 0 Å². The Morgan fingerprint density at radius 1 is 0.588 bits per heavy atom. The summed E-state index contributed by atoms with van der Waals surface area (Å²) in [5.74, 6) is 1.82. The van der Waals surface area contributed by atoms with Gasteiger partial charge in [0, 0.05) is 0 Å². The molecule has 0 aliphatic heterocycles. The van der Waals surface area contributed by atoms with E-state index >= 15 is 0 Å². The summed E-state index contributed by atoms with van der Waals surface area (Å²) in [7, 11) is 0. The molecule has 0 aromatic carbocycles. The molecule has 17 heavy (non-hydrogen) atoms. The Kier molecular flexibility index (Phi) is 12.4. The van der Waals surface area contributed by atoms with Gasteiger partial charge in [0.05, 0.1) is 0 Å². The lowest BCUT2D eigenvalue weighted by Crippen LogP contribution is -2.28. The van der Waals surface area contributed by atoms with E-state index in [9.17, 15) is 0 Å². The van der Waals surface area contributed by atoms with Gasteiger partial charge in [-0.15, -0.1) is 0 Å². The van der Waals surface area contributed by atoms with Gasteiger partial charge in [0.15, 0.2) is 0 Å². The maximum atomic E-state index is 3.72. The fourth-order valence-electron chi connectivity index (χ4n) is 2.82. The first-order valence-electron chi connectivity index (χ1n) is 7.99. The highest BCUT2D eigenvalue weighted by atomic mass is 14.9. The van der Waals surface area contributed by atoms with Gasteiger partial charge < -0.3 is 5.32 Å². The fourth-order valence-corrected chi connectivity index (χ4v) is 2.82. The smallest absolute Gasteiger partial charge is 0.00204 e. The summed E-state index contributed by atoms with van der Waals surface area (Å²) in [6.07, 6.45) is 10.9. The van der Waals surface area contributed by atoms with Gasteiger partial charge in [0.2, 0.25) is 0 Å². The maximum Gasteiger partial charge on any atom is -0.00204 e. The molecule has 0 aliphatic rings. The Balaban J connectivity index is 3.73. The van der Waals surface area contributed by atoms with Gasteiger partial charge in [-0.1, -0.05) is 53.4 Å². The molecule has 0 amide bonds. The monoisotopic (exact) mass is 241 g/mol. The van der Waals surface area contributed by atoms with Crippen LogP contribution in [0.25, 0.3) is 0 Å². The lowest BCUT2D eigenvalue weighted by Gasteiger charge is -2.20. The summed E-state index contributed by atoms with van der Waals surface area (Å²) in [6.45, 7) is 11.7. The molecule has 0 saturated carbocycles. The molecule has 1 N–H and O–H groups in total. The molecule has 0 saturated heterocycles. The summed E-state index contributed by atoms with van der Waals surface area (Å²) < 4.78 is 0. The zero-order valence-corrected chi connectivity index (χ0v) is 12.7. The SMILES string of the molecule is CCCC(CCC)CNCC(CCC)CCC. The van der Waals surface area contributed by atoms with Crippen molar-refractivity contribution < 1.29 is 0 Å². The van der Waals surface area contributed by atoms with E-state index in [1.54, 1.807) is 0 Å². The molecule has 0 aromatic rings. The third kappa shape index (κ3) is 9.64. The van der Waals surface area contributed by atoms with Gasteiger partial charge in [-0.2, -0.15) is 0 Å².